The first-order valence-electron chi connectivity index (χ1n) is 19.2. The van der Waals surface area contributed by atoms with Crippen molar-refractivity contribution in [1.82, 2.24) is 24.1 Å². The van der Waals surface area contributed by atoms with E-state index < -0.39 is 0 Å². The molecule has 3 heterocycles. The quantitative estimate of drug-likeness (QED) is 0.156. The third kappa shape index (κ3) is 5.85. The SMILES string of the molecule is C=Cc1c(/C=C\C)c2ccc3c4ccccc4n(-c4nc(-c5ccccc5)nc(-c5ccccc5)n4)c3c2n1-c1cccc(-c2cccc(-c3ccccc3)c2)c1. The molecule has 0 saturated carbocycles. The van der Waals surface area contributed by atoms with Gasteiger partial charge in [0.15, 0.2) is 11.6 Å². The first-order chi connectivity index (χ1) is 28.2. The molecule has 0 atom stereocenters. The smallest absolute Gasteiger partial charge is 0.238 e. The van der Waals surface area contributed by atoms with Crippen molar-refractivity contribution in [3.63, 3.8) is 0 Å². The van der Waals surface area contributed by atoms with Gasteiger partial charge in [-0.15, -0.1) is 0 Å². The molecule has 0 radical (unpaired) electrons. The Morgan fingerprint density at radius 3 is 1.63 bits per heavy atom. The third-order valence-electron chi connectivity index (χ3n) is 10.7. The van der Waals surface area contributed by atoms with Gasteiger partial charge in [-0.1, -0.05) is 170 Å². The van der Waals surface area contributed by atoms with Crippen LogP contribution in [0.25, 0.3) is 102 Å². The highest BCUT2D eigenvalue weighted by atomic mass is 15.2. The van der Waals surface area contributed by atoms with Crippen LogP contribution in [0.1, 0.15) is 18.2 Å². The van der Waals surface area contributed by atoms with Crippen molar-refractivity contribution < 1.29 is 0 Å². The van der Waals surface area contributed by atoms with Crippen molar-refractivity contribution in [3.05, 3.63) is 200 Å². The van der Waals surface area contributed by atoms with Crippen LogP contribution in [-0.4, -0.2) is 24.1 Å². The second-order valence-electron chi connectivity index (χ2n) is 14.1. The summed E-state index contributed by atoms with van der Waals surface area (Å²) in [4.78, 5) is 15.5. The summed E-state index contributed by atoms with van der Waals surface area (Å²) in [6.45, 7) is 6.44. The number of nitrogens with zero attached hydrogens (tertiary/aromatic N) is 5. The van der Waals surface area contributed by atoms with E-state index in [2.05, 4.69) is 150 Å². The lowest BCUT2D eigenvalue weighted by molar-refractivity contribution is 0.952. The van der Waals surface area contributed by atoms with E-state index in [1.54, 1.807) is 0 Å². The molecule has 0 N–H and O–H groups in total. The molecule has 0 aliphatic carbocycles. The summed E-state index contributed by atoms with van der Waals surface area (Å²) in [5.41, 5.74) is 12.7. The Morgan fingerprint density at radius 1 is 0.456 bits per heavy atom. The summed E-state index contributed by atoms with van der Waals surface area (Å²) in [5, 5.41) is 3.33. The summed E-state index contributed by atoms with van der Waals surface area (Å²) >= 11 is 0. The molecule has 0 spiro atoms. The van der Waals surface area contributed by atoms with Crippen molar-refractivity contribution >= 4 is 44.9 Å². The van der Waals surface area contributed by atoms with E-state index in [-0.39, 0.29) is 0 Å². The van der Waals surface area contributed by atoms with E-state index in [1.807, 2.05) is 66.7 Å². The molecule has 5 heteroatoms. The zero-order chi connectivity index (χ0) is 38.3. The maximum atomic E-state index is 5.25. The van der Waals surface area contributed by atoms with Crippen LogP contribution in [-0.2, 0) is 0 Å². The Hall–Kier alpha value is -7.63. The minimum absolute atomic E-state index is 0.549. The number of benzene rings is 7. The number of aromatic nitrogens is 5. The number of hydrogen-bond acceptors (Lipinski definition) is 3. The Labute approximate surface area is 331 Å². The van der Waals surface area contributed by atoms with Crippen LogP contribution >= 0.6 is 0 Å². The molecule has 10 aromatic rings. The Bertz CT molecular complexity index is 3080. The van der Waals surface area contributed by atoms with Gasteiger partial charge in [0.1, 0.15) is 0 Å². The summed E-state index contributed by atoms with van der Waals surface area (Å²) in [5.74, 6) is 1.77. The molecule has 0 aliphatic heterocycles. The van der Waals surface area contributed by atoms with Gasteiger partial charge in [-0.3, -0.25) is 4.57 Å². The predicted molar refractivity (Wildman–Crippen MR) is 238 cm³/mol. The zero-order valence-corrected chi connectivity index (χ0v) is 31.4. The van der Waals surface area contributed by atoms with E-state index in [9.17, 15) is 0 Å². The minimum atomic E-state index is 0.549. The van der Waals surface area contributed by atoms with Gasteiger partial charge in [-0.05, 0) is 59.5 Å². The predicted octanol–water partition coefficient (Wildman–Crippen LogP) is 13.3. The maximum absolute atomic E-state index is 5.25. The largest absolute Gasteiger partial charge is 0.307 e. The van der Waals surface area contributed by atoms with Gasteiger partial charge in [0.25, 0.3) is 0 Å². The van der Waals surface area contributed by atoms with Crippen LogP contribution in [0.3, 0.4) is 0 Å². The average Bonchev–Trinajstić information content (AvgIpc) is 3.80. The second kappa shape index (κ2) is 14.2. The molecule has 3 aromatic heterocycles. The van der Waals surface area contributed by atoms with Crippen LogP contribution in [0.2, 0.25) is 0 Å². The molecule has 0 fully saturated rings. The van der Waals surface area contributed by atoms with E-state index in [0.717, 1.165) is 71.9 Å². The number of rotatable bonds is 8. The van der Waals surface area contributed by atoms with Crippen molar-refractivity contribution in [1.29, 1.82) is 0 Å². The first-order valence-corrected chi connectivity index (χ1v) is 19.2. The molecular formula is C52H37N5. The zero-order valence-electron chi connectivity index (χ0n) is 31.4. The van der Waals surface area contributed by atoms with E-state index in [0.29, 0.717) is 17.6 Å². The lowest BCUT2D eigenvalue weighted by atomic mass is 9.99. The highest BCUT2D eigenvalue weighted by Crippen LogP contribution is 2.42. The Balaban J connectivity index is 1.29. The van der Waals surface area contributed by atoms with Crippen LogP contribution in [0.15, 0.2) is 189 Å². The summed E-state index contributed by atoms with van der Waals surface area (Å²) in [6, 6.07) is 61.4. The number of para-hydroxylation sites is 1. The Kier molecular flexibility index (Phi) is 8.46. The van der Waals surface area contributed by atoms with Crippen molar-refractivity contribution in [2.75, 3.05) is 0 Å². The molecule has 7 aromatic carbocycles. The van der Waals surface area contributed by atoms with Gasteiger partial charge in [0, 0.05) is 38.5 Å². The standard InChI is InChI=1S/C52H37N5/c1-3-18-42-44-31-32-45-43-29-14-15-30-47(43)57(52-54-50(36-21-10-6-11-22-36)53-51(55-52)37-23-12-7-13-24-37)49(45)48(44)56(46(42)4-2)41-28-17-27-40(34-41)39-26-16-25-38(33-39)35-19-8-5-9-20-35/h3-34H,2H2,1H3/b18-3-. The monoisotopic (exact) mass is 731 g/mol. The first kappa shape index (κ1) is 33.9. The molecule has 270 valence electrons. The minimum Gasteiger partial charge on any atom is -0.307 e. The van der Waals surface area contributed by atoms with Gasteiger partial charge < -0.3 is 4.57 Å². The number of allylic oxidation sites excluding steroid dienone is 1. The maximum Gasteiger partial charge on any atom is 0.238 e. The van der Waals surface area contributed by atoms with Crippen molar-refractivity contribution in [3.8, 4) is 56.7 Å². The molecule has 0 saturated heterocycles. The fourth-order valence-corrected chi connectivity index (χ4v) is 8.11. The van der Waals surface area contributed by atoms with Gasteiger partial charge in [0.05, 0.1) is 22.2 Å². The van der Waals surface area contributed by atoms with Crippen LogP contribution in [0.5, 0.6) is 0 Å². The highest BCUT2D eigenvalue weighted by molar-refractivity contribution is 6.19. The fraction of sp³-hybridized carbons (Fsp3) is 0.0192. The molecule has 5 nitrogen and oxygen atoms in total. The molecule has 0 amide bonds. The second-order valence-corrected chi connectivity index (χ2v) is 14.1. The third-order valence-corrected chi connectivity index (χ3v) is 10.7. The van der Waals surface area contributed by atoms with Gasteiger partial charge in [-0.2, -0.15) is 9.97 Å². The van der Waals surface area contributed by atoms with Crippen molar-refractivity contribution in [2.45, 2.75) is 6.92 Å². The van der Waals surface area contributed by atoms with Crippen molar-refractivity contribution in [2.24, 2.45) is 0 Å². The molecular weight excluding hydrogens is 695 g/mol. The van der Waals surface area contributed by atoms with Gasteiger partial charge in [0.2, 0.25) is 5.95 Å². The molecule has 10 rings (SSSR count). The summed E-state index contributed by atoms with van der Waals surface area (Å²) in [6.07, 6.45) is 6.26. The summed E-state index contributed by atoms with van der Waals surface area (Å²) < 4.78 is 4.58. The van der Waals surface area contributed by atoms with Gasteiger partial charge >= 0.3 is 0 Å². The average molecular weight is 732 g/mol. The summed E-state index contributed by atoms with van der Waals surface area (Å²) in [7, 11) is 0. The van der Waals surface area contributed by atoms with E-state index in [4.69, 9.17) is 15.0 Å². The fourth-order valence-electron chi connectivity index (χ4n) is 8.11. The lowest BCUT2D eigenvalue weighted by Crippen LogP contribution is -2.07. The van der Waals surface area contributed by atoms with Crippen LogP contribution in [0, 0.1) is 0 Å². The van der Waals surface area contributed by atoms with E-state index in [1.165, 1.54) is 11.1 Å². The number of hydrogen-bond donors (Lipinski definition) is 0. The van der Waals surface area contributed by atoms with Gasteiger partial charge in [-0.25, -0.2) is 4.98 Å². The Morgan fingerprint density at radius 2 is 0.982 bits per heavy atom. The molecule has 57 heavy (non-hydrogen) atoms. The number of fused-ring (bicyclic) bond motifs is 5. The van der Waals surface area contributed by atoms with E-state index >= 15 is 0 Å². The van der Waals surface area contributed by atoms with Crippen LogP contribution < -0.4 is 0 Å². The lowest BCUT2D eigenvalue weighted by Gasteiger charge is -2.15. The molecule has 0 bridgehead atoms. The molecule has 0 unspecified atom stereocenters. The molecule has 0 aliphatic rings. The normalized spacial score (nSPS) is 11.6. The van der Waals surface area contributed by atoms with Crippen LogP contribution in [0.4, 0.5) is 0 Å². The topological polar surface area (TPSA) is 48.5 Å². The highest BCUT2D eigenvalue weighted by Gasteiger charge is 2.24.